The van der Waals surface area contributed by atoms with E-state index in [4.69, 9.17) is 0 Å². The summed E-state index contributed by atoms with van der Waals surface area (Å²) in [5.41, 5.74) is 0. The third-order valence-electron chi connectivity index (χ3n) is 4.08. The van der Waals surface area contributed by atoms with Crippen LogP contribution in [0.4, 0.5) is 5.82 Å². The summed E-state index contributed by atoms with van der Waals surface area (Å²) in [5.74, 6) is 2.55. The Morgan fingerprint density at radius 1 is 1.37 bits per heavy atom. The second kappa shape index (κ2) is 5.75. The first-order valence-corrected chi connectivity index (χ1v) is 8.08. The molecule has 1 aliphatic carbocycles. The molecule has 2 aliphatic rings. The Morgan fingerprint density at radius 3 is 2.95 bits per heavy atom. The molecule has 2 fully saturated rings. The van der Waals surface area contributed by atoms with Crippen molar-refractivity contribution in [1.82, 2.24) is 14.9 Å². The molecular weight excluding hydrogens is 304 g/mol. The predicted octanol–water partition coefficient (Wildman–Crippen LogP) is 3.01. The van der Waals surface area contributed by atoms with Crippen molar-refractivity contribution in [1.29, 1.82) is 0 Å². The fourth-order valence-electron chi connectivity index (χ4n) is 2.81. The lowest BCUT2D eigenvalue weighted by Crippen LogP contribution is -2.34. The number of halogens is 1. The quantitative estimate of drug-likeness (QED) is 0.845. The summed E-state index contributed by atoms with van der Waals surface area (Å²) >= 11 is 3.49. The lowest BCUT2D eigenvalue weighted by Gasteiger charge is -2.23. The van der Waals surface area contributed by atoms with Crippen molar-refractivity contribution in [3.63, 3.8) is 0 Å². The Labute approximate surface area is 123 Å². The fourth-order valence-corrected chi connectivity index (χ4v) is 3.21. The lowest BCUT2D eigenvalue weighted by atomic mass is 10.2. The van der Waals surface area contributed by atoms with Crippen molar-refractivity contribution >= 4 is 21.7 Å². The Balaban J connectivity index is 1.63. The molecule has 0 amide bonds. The molecule has 5 heteroatoms. The molecule has 19 heavy (non-hydrogen) atoms. The van der Waals surface area contributed by atoms with Crippen LogP contribution in [0.15, 0.2) is 10.7 Å². The van der Waals surface area contributed by atoms with E-state index in [9.17, 15) is 0 Å². The monoisotopic (exact) mass is 324 g/mol. The molecular formula is C14H21BrN4. The van der Waals surface area contributed by atoms with Gasteiger partial charge in [0.25, 0.3) is 0 Å². The minimum atomic E-state index is 0.594. The van der Waals surface area contributed by atoms with Crippen molar-refractivity contribution in [3.05, 3.63) is 16.5 Å². The number of aromatic nitrogens is 2. The van der Waals surface area contributed by atoms with Crippen LogP contribution in [0.2, 0.25) is 0 Å². The standard InChI is InChI=1S/C14H21BrN4/c1-2-19-7-3-4-11(19)9-16-13-8-12(15)17-14(18-13)10-5-6-10/h8,10-11H,2-7,9H2,1H3,(H,16,17,18). The van der Waals surface area contributed by atoms with E-state index < -0.39 is 0 Å². The lowest BCUT2D eigenvalue weighted by molar-refractivity contribution is 0.277. The molecule has 0 aromatic carbocycles. The first kappa shape index (κ1) is 13.3. The molecule has 4 nitrogen and oxygen atoms in total. The fraction of sp³-hybridized carbons (Fsp3) is 0.714. The number of nitrogens with one attached hydrogen (secondary N) is 1. The van der Waals surface area contributed by atoms with E-state index in [2.05, 4.69) is 43.0 Å². The van der Waals surface area contributed by atoms with Gasteiger partial charge in [-0.1, -0.05) is 6.92 Å². The zero-order valence-electron chi connectivity index (χ0n) is 11.4. The number of likely N-dealkylation sites (N-methyl/N-ethyl adjacent to an activating group) is 1. The molecule has 0 spiro atoms. The molecule has 2 heterocycles. The van der Waals surface area contributed by atoms with Crippen molar-refractivity contribution < 1.29 is 0 Å². The summed E-state index contributed by atoms with van der Waals surface area (Å²) in [7, 11) is 0. The second-order valence-electron chi connectivity index (χ2n) is 5.51. The Bertz CT molecular complexity index is 447. The average Bonchev–Trinajstić information content (AvgIpc) is 3.15. The average molecular weight is 325 g/mol. The van der Waals surface area contributed by atoms with E-state index in [1.54, 1.807) is 0 Å². The first-order chi connectivity index (χ1) is 9.26. The third-order valence-corrected chi connectivity index (χ3v) is 4.48. The summed E-state index contributed by atoms with van der Waals surface area (Å²) in [6, 6.07) is 2.64. The van der Waals surface area contributed by atoms with Crippen LogP contribution < -0.4 is 5.32 Å². The van der Waals surface area contributed by atoms with Gasteiger partial charge in [0.05, 0.1) is 0 Å². The van der Waals surface area contributed by atoms with Gasteiger partial charge in [-0.25, -0.2) is 9.97 Å². The summed E-state index contributed by atoms with van der Waals surface area (Å²) < 4.78 is 0.894. The molecule has 1 aromatic rings. The van der Waals surface area contributed by atoms with Gasteiger partial charge in [-0.05, 0) is 54.7 Å². The molecule has 1 N–H and O–H groups in total. The predicted molar refractivity (Wildman–Crippen MR) is 80.5 cm³/mol. The van der Waals surface area contributed by atoms with E-state index >= 15 is 0 Å². The van der Waals surface area contributed by atoms with E-state index in [1.165, 1.54) is 32.2 Å². The van der Waals surface area contributed by atoms with Gasteiger partial charge >= 0.3 is 0 Å². The maximum absolute atomic E-state index is 4.64. The topological polar surface area (TPSA) is 41.0 Å². The van der Waals surface area contributed by atoms with Crippen LogP contribution in [0.1, 0.15) is 44.3 Å². The van der Waals surface area contributed by atoms with Gasteiger partial charge in [0, 0.05) is 24.6 Å². The minimum Gasteiger partial charge on any atom is -0.368 e. The highest BCUT2D eigenvalue weighted by Gasteiger charge is 2.27. The van der Waals surface area contributed by atoms with Gasteiger partial charge in [0.1, 0.15) is 16.2 Å². The van der Waals surface area contributed by atoms with Gasteiger partial charge in [-0.15, -0.1) is 0 Å². The van der Waals surface area contributed by atoms with E-state index in [-0.39, 0.29) is 0 Å². The molecule has 1 aromatic heterocycles. The van der Waals surface area contributed by atoms with E-state index in [0.29, 0.717) is 12.0 Å². The van der Waals surface area contributed by atoms with Crippen LogP contribution in [0.3, 0.4) is 0 Å². The number of anilines is 1. The Hall–Kier alpha value is -0.680. The van der Waals surface area contributed by atoms with Crippen molar-refractivity contribution in [2.45, 2.75) is 44.6 Å². The van der Waals surface area contributed by atoms with Gasteiger partial charge in [0.2, 0.25) is 0 Å². The smallest absolute Gasteiger partial charge is 0.135 e. The Kier molecular flexibility index (Phi) is 4.03. The molecule has 1 unspecified atom stereocenters. The summed E-state index contributed by atoms with van der Waals surface area (Å²) in [6.07, 6.45) is 5.09. The molecule has 0 bridgehead atoms. The van der Waals surface area contributed by atoms with E-state index in [0.717, 1.165) is 29.3 Å². The number of rotatable bonds is 5. The summed E-state index contributed by atoms with van der Waals surface area (Å²) in [5, 5.41) is 3.49. The van der Waals surface area contributed by atoms with Crippen LogP contribution in [0.25, 0.3) is 0 Å². The van der Waals surface area contributed by atoms with Crippen molar-refractivity contribution in [2.24, 2.45) is 0 Å². The molecule has 104 valence electrons. The first-order valence-electron chi connectivity index (χ1n) is 7.28. The Morgan fingerprint density at radius 2 is 2.21 bits per heavy atom. The second-order valence-corrected chi connectivity index (χ2v) is 6.33. The maximum atomic E-state index is 4.64. The molecule has 1 saturated carbocycles. The van der Waals surface area contributed by atoms with E-state index in [1.807, 2.05) is 6.07 Å². The normalized spacial score (nSPS) is 23.8. The number of nitrogens with zero attached hydrogens (tertiary/aromatic N) is 3. The highest BCUT2D eigenvalue weighted by Crippen LogP contribution is 2.38. The molecule has 1 saturated heterocycles. The molecule has 3 rings (SSSR count). The largest absolute Gasteiger partial charge is 0.368 e. The van der Waals surface area contributed by atoms with Gasteiger partial charge in [-0.2, -0.15) is 0 Å². The molecule has 1 aliphatic heterocycles. The molecule has 1 atom stereocenters. The third kappa shape index (κ3) is 3.26. The number of hydrogen-bond acceptors (Lipinski definition) is 4. The number of likely N-dealkylation sites (tertiary alicyclic amines) is 1. The zero-order valence-corrected chi connectivity index (χ0v) is 13.0. The van der Waals surface area contributed by atoms with Gasteiger partial charge in [-0.3, -0.25) is 4.90 Å². The van der Waals surface area contributed by atoms with Crippen LogP contribution >= 0.6 is 15.9 Å². The SMILES string of the molecule is CCN1CCCC1CNc1cc(Br)nc(C2CC2)n1. The highest BCUT2D eigenvalue weighted by atomic mass is 79.9. The maximum Gasteiger partial charge on any atom is 0.135 e. The molecule has 0 radical (unpaired) electrons. The van der Waals surface area contributed by atoms with Crippen LogP contribution in [0, 0.1) is 0 Å². The number of hydrogen-bond donors (Lipinski definition) is 1. The zero-order chi connectivity index (χ0) is 13.2. The van der Waals surface area contributed by atoms with Crippen molar-refractivity contribution in [3.8, 4) is 0 Å². The van der Waals surface area contributed by atoms with Crippen molar-refractivity contribution in [2.75, 3.05) is 25.0 Å². The van der Waals surface area contributed by atoms with Crippen LogP contribution in [-0.4, -0.2) is 40.5 Å². The van der Waals surface area contributed by atoms with Crippen LogP contribution in [0.5, 0.6) is 0 Å². The summed E-state index contributed by atoms with van der Waals surface area (Å²) in [4.78, 5) is 11.6. The van der Waals surface area contributed by atoms with Gasteiger partial charge < -0.3 is 5.32 Å². The highest BCUT2D eigenvalue weighted by molar-refractivity contribution is 9.10. The van der Waals surface area contributed by atoms with Gasteiger partial charge in [0.15, 0.2) is 0 Å². The minimum absolute atomic E-state index is 0.594. The summed E-state index contributed by atoms with van der Waals surface area (Å²) in [6.45, 7) is 5.61. The van der Waals surface area contributed by atoms with Crippen LogP contribution in [-0.2, 0) is 0 Å².